The van der Waals surface area contributed by atoms with Gasteiger partial charge in [-0.2, -0.15) is 4.40 Å². The zero-order valence-electron chi connectivity index (χ0n) is 20.4. The second-order valence-corrected chi connectivity index (χ2v) is 11.5. The molecule has 5 heterocycles. The number of nitrogens with two attached hydrogens (primary N) is 1. The number of carboxylic acid groups (broad SMARTS) is 2. The van der Waals surface area contributed by atoms with Crippen LogP contribution in [-0.4, -0.2) is 77.4 Å². The van der Waals surface area contributed by atoms with Gasteiger partial charge >= 0.3 is 11.9 Å². The first kappa shape index (κ1) is 26.6. The fraction of sp³-hybridized carbons (Fsp3) is 0.318. The van der Waals surface area contributed by atoms with Crippen LogP contribution in [0.4, 0.5) is 5.13 Å². The van der Waals surface area contributed by atoms with E-state index in [-0.39, 0.29) is 22.2 Å². The number of nitrogen functional groups attached to an aromatic ring is 1. The van der Waals surface area contributed by atoms with Crippen LogP contribution in [0, 0.1) is 6.92 Å². The molecule has 0 aliphatic carbocycles. The third kappa shape index (κ3) is 4.83. The third-order valence-corrected chi connectivity index (χ3v) is 9.17. The molecule has 0 aromatic carbocycles. The summed E-state index contributed by atoms with van der Waals surface area (Å²) in [6.07, 6.45) is 2.45. The number of thioether (sulfide) groups is 1. The lowest BCUT2D eigenvalue weighted by atomic mass is 10.0. The van der Waals surface area contributed by atoms with Gasteiger partial charge in [0.2, 0.25) is 17.3 Å². The quantitative estimate of drug-likeness (QED) is 0.116. The Morgan fingerprint density at radius 3 is 2.77 bits per heavy atom. The molecule has 14 nitrogen and oxygen atoms in total. The van der Waals surface area contributed by atoms with Crippen molar-refractivity contribution >= 4 is 73.9 Å². The summed E-state index contributed by atoms with van der Waals surface area (Å²) in [5.41, 5.74) is 6.79. The second kappa shape index (κ2) is 10.3. The van der Waals surface area contributed by atoms with Crippen LogP contribution in [0.1, 0.15) is 18.3 Å². The van der Waals surface area contributed by atoms with Crippen LogP contribution >= 0.6 is 34.4 Å². The van der Waals surface area contributed by atoms with Gasteiger partial charge in [0.05, 0.1) is 0 Å². The first-order valence-corrected chi connectivity index (χ1v) is 14.2. The smallest absolute Gasteiger partial charge is 0.352 e. The predicted octanol–water partition coefficient (Wildman–Crippen LogP) is 0.268. The standard InChI is InChI=1S/C22H21N7O7S3/c1-9-18-27(3-4-37-18)8-28(9)5-11-6-38-19-14(17(31)29(19)15(11)21(34)35)25-16(30)13(12-7-39-22(23)24-12)26-36-10(2)20(32)33/h3-4,7-8,10,14,19H,5-6H2,1-2H3,(H4-,23,24,25,30,32,33,34,35)/p+1/b26-13-/t10-,14+,19+/m0/s1. The molecular formula is C22H22N7O7S3+. The van der Waals surface area contributed by atoms with Crippen molar-refractivity contribution in [2.75, 3.05) is 11.5 Å². The summed E-state index contributed by atoms with van der Waals surface area (Å²) >= 11 is 3.94. The van der Waals surface area contributed by atoms with Gasteiger partial charge in [-0.15, -0.1) is 23.1 Å². The van der Waals surface area contributed by atoms with Gasteiger partial charge in [-0.1, -0.05) is 16.5 Å². The first-order chi connectivity index (χ1) is 18.6. The number of anilines is 1. The normalized spacial score (nSPS) is 20.0. The fourth-order valence-corrected chi connectivity index (χ4v) is 6.89. The fourth-order valence-electron chi connectivity index (χ4n) is 4.17. The number of hydrogen-bond acceptors (Lipinski definition) is 11. The molecule has 3 aromatic heterocycles. The van der Waals surface area contributed by atoms with Crippen molar-refractivity contribution in [1.82, 2.24) is 19.8 Å². The van der Waals surface area contributed by atoms with E-state index >= 15 is 0 Å². The molecule has 17 heteroatoms. The highest BCUT2D eigenvalue weighted by Crippen LogP contribution is 2.41. The van der Waals surface area contributed by atoms with Crippen LogP contribution < -0.4 is 15.5 Å². The lowest BCUT2D eigenvalue weighted by molar-refractivity contribution is -0.508. The third-order valence-electron chi connectivity index (χ3n) is 6.17. The molecule has 204 valence electrons. The van der Waals surface area contributed by atoms with Gasteiger partial charge in [-0.05, 0) is 6.92 Å². The molecule has 0 radical (unpaired) electrons. The predicted molar refractivity (Wildman–Crippen MR) is 141 cm³/mol. The number of rotatable bonds is 9. The van der Waals surface area contributed by atoms with E-state index in [1.165, 1.54) is 29.0 Å². The van der Waals surface area contributed by atoms with Crippen LogP contribution in [0.15, 0.2) is 39.7 Å². The van der Waals surface area contributed by atoms with Gasteiger partial charge in [0, 0.05) is 29.0 Å². The van der Waals surface area contributed by atoms with Crippen molar-refractivity contribution in [2.45, 2.75) is 37.9 Å². The number of hydrogen-bond donors (Lipinski definition) is 4. The highest BCUT2D eigenvalue weighted by atomic mass is 32.2. The number of aryl methyl sites for hydroxylation is 1. The van der Waals surface area contributed by atoms with Crippen molar-refractivity contribution in [3.8, 4) is 0 Å². The second-order valence-electron chi connectivity index (χ2n) is 8.66. The molecule has 2 amide bonds. The summed E-state index contributed by atoms with van der Waals surface area (Å²) in [5, 5.41) is 28.2. The highest BCUT2D eigenvalue weighted by molar-refractivity contribution is 8.00. The number of fused-ring (bicyclic) bond motifs is 2. The van der Waals surface area contributed by atoms with E-state index < -0.39 is 41.3 Å². The number of nitrogens with zero attached hydrogens (tertiary/aromatic N) is 5. The summed E-state index contributed by atoms with van der Waals surface area (Å²) in [6, 6.07) is -1.04. The average Bonchev–Trinajstić information content (AvgIpc) is 3.60. The van der Waals surface area contributed by atoms with Gasteiger partial charge in [-0.3, -0.25) is 14.5 Å². The Morgan fingerprint density at radius 1 is 1.36 bits per heavy atom. The number of carbonyl (C=O) groups excluding carboxylic acids is 2. The Morgan fingerprint density at radius 2 is 2.13 bits per heavy atom. The minimum absolute atomic E-state index is 0.0424. The number of aliphatic carboxylic acids is 2. The Hall–Kier alpha value is -3.96. The van der Waals surface area contributed by atoms with E-state index in [1.54, 1.807) is 11.3 Å². The molecule has 2 aliphatic rings. The molecule has 2 aliphatic heterocycles. The van der Waals surface area contributed by atoms with Crippen molar-refractivity contribution in [2.24, 2.45) is 5.16 Å². The Bertz CT molecular complexity index is 1570. The number of oxime groups is 1. The summed E-state index contributed by atoms with van der Waals surface area (Å²) in [6.45, 7) is 3.47. The van der Waals surface area contributed by atoms with Crippen LogP contribution in [0.5, 0.6) is 0 Å². The monoisotopic (exact) mass is 592 g/mol. The van der Waals surface area contributed by atoms with E-state index in [9.17, 15) is 24.3 Å². The Balaban J connectivity index is 1.36. The molecular weight excluding hydrogens is 570 g/mol. The van der Waals surface area contributed by atoms with Crippen LogP contribution in [-0.2, 0) is 30.6 Å². The lowest BCUT2D eigenvalue weighted by Crippen LogP contribution is -2.71. The Labute approximate surface area is 232 Å². The van der Waals surface area contributed by atoms with E-state index in [4.69, 9.17) is 15.7 Å². The van der Waals surface area contributed by atoms with Gasteiger partial charge in [-0.25, -0.2) is 19.1 Å². The average molecular weight is 593 g/mol. The number of aromatic nitrogens is 3. The van der Waals surface area contributed by atoms with Crippen LogP contribution in [0.25, 0.3) is 4.83 Å². The molecule has 0 spiro atoms. The number of carbonyl (C=O) groups is 4. The lowest BCUT2D eigenvalue weighted by Gasteiger charge is -2.49. The van der Waals surface area contributed by atoms with E-state index in [2.05, 4.69) is 15.5 Å². The summed E-state index contributed by atoms with van der Waals surface area (Å²) in [4.78, 5) is 60.8. The maximum atomic E-state index is 13.1. The molecule has 1 fully saturated rings. The minimum atomic E-state index is -1.35. The molecule has 3 aromatic rings. The number of amides is 2. The van der Waals surface area contributed by atoms with Gasteiger partial charge < -0.3 is 26.1 Å². The highest BCUT2D eigenvalue weighted by Gasteiger charge is 2.54. The summed E-state index contributed by atoms with van der Waals surface area (Å²) < 4.78 is 3.89. The Kier molecular flexibility index (Phi) is 7.04. The maximum Gasteiger partial charge on any atom is 0.352 e. The van der Waals surface area contributed by atoms with Crippen molar-refractivity contribution in [1.29, 1.82) is 0 Å². The van der Waals surface area contributed by atoms with Gasteiger partial charge in [0.25, 0.3) is 11.8 Å². The summed E-state index contributed by atoms with van der Waals surface area (Å²) in [5.74, 6) is -3.63. The van der Waals surface area contributed by atoms with Crippen molar-refractivity contribution in [3.63, 3.8) is 0 Å². The zero-order chi connectivity index (χ0) is 28.0. The SMILES string of the molecule is Cc1c2scc[n+]2cn1CC1=C(C(=O)O)N2C(=O)[C@@H](NC(=O)/C(=N\O[C@@H](C)C(=O)O)c3csc(N)n3)[C@H]2SC1. The number of nitrogens with one attached hydrogen (secondary N) is 1. The molecule has 0 saturated carbocycles. The van der Waals surface area contributed by atoms with Gasteiger partial charge in [0.1, 0.15) is 35.5 Å². The molecule has 5 rings (SSSR count). The van der Waals surface area contributed by atoms with Crippen molar-refractivity contribution < 1.29 is 38.6 Å². The molecule has 3 atom stereocenters. The largest absolute Gasteiger partial charge is 0.478 e. The molecule has 0 bridgehead atoms. The maximum absolute atomic E-state index is 13.1. The van der Waals surface area contributed by atoms with Crippen LogP contribution in [0.3, 0.4) is 0 Å². The topological polar surface area (TPSA) is 194 Å². The number of imidazole rings is 1. The van der Waals surface area contributed by atoms with Gasteiger partial charge in [0.15, 0.2) is 16.5 Å². The van der Waals surface area contributed by atoms with Crippen LogP contribution in [0.2, 0.25) is 0 Å². The zero-order valence-corrected chi connectivity index (χ0v) is 22.9. The number of carboxylic acids is 2. The van der Waals surface area contributed by atoms with E-state index in [1.807, 2.05) is 33.8 Å². The van der Waals surface area contributed by atoms with E-state index in [0.717, 1.165) is 21.9 Å². The van der Waals surface area contributed by atoms with E-state index in [0.29, 0.717) is 17.9 Å². The molecule has 39 heavy (non-hydrogen) atoms. The molecule has 0 unspecified atom stereocenters. The molecule has 5 N–H and O–H groups in total. The first-order valence-electron chi connectivity index (χ1n) is 11.4. The van der Waals surface area contributed by atoms with Crippen molar-refractivity contribution in [3.05, 3.63) is 45.9 Å². The minimum Gasteiger partial charge on any atom is -0.478 e. The number of thiazole rings is 2. The summed E-state index contributed by atoms with van der Waals surface area (Å²) in [7, 11) is 0. The number of β-lactam (4-membered cyclic amide) rings is 1. The molecule has 1 saturated heterocycles.